The summed E-state index contributed by atoms with van der Waals surface area (Å²) in [6.45, 7) is 0. The molecule has 1 fully saturated rings. The molecule has 0 aliphatic heterocycles. The van der Waals surface area contributed by atoms with Crippen molar-refractivity contribution in [3.05, 3.63) is 22.6 Å². The first kappa shape index (κ1) is 9.15. The molecule has 2 rings (SSSR count). The van der Waals surface area contributed by atoms with Gasteiger partial charge < -0.3 is 10.2 Å². The SMILES string of the molecule is NC1(c2cc(Br)co2)CC(F)(F)C1. The second-order valence-electron chi connectivity index (χ2n) is 3.49. The van der Waals surface area contributed by atoms with Crippen molar-refractivity contribution in [1.82, 2.24) is 0 Å². The molecule has 0 amide bonds. The molecule has 1 aromatic heterocycles. The first-order valence-corrected chi connectivity index (χ1v) is 4.62. The normalized spacial score (nSPS) is 24.0. The van der Waals surface area contributed by atoms with Crippen molar-refractivity contribution in [1.29, 1.82) is 0 Å². The molecular weight excluding hydrogens is 244 g/mol. The van der Waals surface area contributed by atoms with Crippen LogP contribution in [0.4, 0.5) is 8.78 Å². The monoisotopic (exact) mass is 251 g/mol. The van der Waals surface area contributed by atoms with Gasteiger partial charge in [0.2, 0.25) is 0 Å². The van der Waals surface area contributed by atoms with Crippen LogP contribution in [0.15, 0.2) is 21.2 Å². The van der Waals surface area contributed by atoms with E-state index in [0.29, 0.717) is 5.76 Å². The van der Waals surface area contributed by atoms with Crippen LogP contribution in [-0.2, 0) is 5.54 Å². The van der Waals surface area contributed by atoms with Crippen LogP contribution in [0.3, 0.4) is 0 Å². The quantitative estimate of drug-likeness (QED) is 0.834. The van der Waals surface area contributed by atoms with E-state index in [9.17, 15) is 8.78 Å². The predicted octanol–water partition coefficient (Wildman–Crippen LogP) is 2.63. The Kier molecular flexibility index (Phi) is 1.79. The summed E-state index contributed by atoms with van der Waals surface area (Å²) in [6, 6.07) is 1.63. The van der Waals surface area contributed by atoms with E-state index in [1.807, 2.05) is 0 Å². The lowest BCUT2D eigenvalue weighted by atomic mass is 9.72. The molecule has 5 heteroatoms. The molecule has 0 unspecified atom stereocenters. The van der Waals surface area contributed by atoms with Crippen LogP contribution in [0.1, 0.15) is 18.6 Å². The van der Waals surface area contributed by atoms with E-state index in [1.54, 1.807) is 6.07 Å². The molecule has 0 bridgehead atoms. The highest BCUT2D eigenvalue weighted by molar-refractivity contribution is 9.10. The molecule has 1 aliphatic rings. The molecule has 0 spiro atoms. The largest absolute Gasteiger partial charge is 0.466 e. The maximum absolute atomic E-state index is 12.6. The van der Waals surface area contributed by atoms with Gasteiger partial charge in [0.25, 0.3) is 5.92 Å². The third kappa shape index (κ3) is 1.50. The van der Waals surface area contributed by atoms with Gasteiger partial charge in [-0.1, -0.05) is 0 Å². The van der Waals surface area contributed by atoms with Gasteiger partial charge in [-0.15, -0.1) is 0 Å². The Morgan fingerprint density at radius 2 is 2.08 bits per heavy atom. The van der Waals surface area contributed by atoms with Crippen LogP contribution >= 0.6 is 15.9 Å². The molecule has 0 atom stereocenters. The van der Waals surface area contributed by atoms with Crippen molar-refractivity contribution in [2.45, 2.75) is 24.3 Å². The van der Waals surface area contributed by atoms with Crippen LogP contribution in [0.25, 0.3) is 0 Å². The summed E-state index contributed by atoms with van der Waals surface area (Å²) < 4.78 is 31.0. The smallest absolute Gasteiger partial charge is 0.252 e. The summed E-state index contributed by atoms with van der Waals surface area (Å²) in [5.74, 6) is -2.21. The third-order valence-electron chi connectivity index (χ3n) is 2.21. The Morgan fingerprint density at radius 1 is 1.46 bits per heavy atom. The van der Waals surface area contributed by atoms with Gasteiger partial charge in [-0.3, -0.25) is 0 Å². The minimum atomic E-state index is -2.63. The zero-order valence-corrected chi connectivity index (χ0v) is 8.27. The van der Waals surface area contributed by atoms with E-state index >= 15 is 0 Å². The second kappa shape index (κ2) is 2.54. The van der Waals surface area contributed by atoms with Gasteiger partial charge in [0.1, 0.15) is 12.0 Å². The summed E-state index contributed by atoms with van der Waals surface area (Å²) in [5.41, 5.74) is 4.74. The molecule has 1 heterocycles. The Labute approximate surface area is 82.2 Å². The van der Waals surface area contributed by atoms with E-state index in [4.69, 9.17) is 10.2 Å². The Morgan fingerprint density at radius 3 is 2.46 bits per heavy atom. The fourth-order valence-electron chi connectivity index (χ4n) is 1.62. The van der Waals surface area contributed by atoms with E-state index < -0.39 is 11.5 Å². The van der Waals surface area contributed by atoms with Gasteiger partial charge in [-0.25, -0.2) is 8.78 Å². The third-order valence-corrected chi connectivity index (χ3v) is 2.62. The number of furan rings is 1. The molecule has 2 nitrogen and oxygen atoms in total. The molecule has 1 aromatic rings. The first-order chi connectivity index (χ1) is 5.91. The number of hydrogen-bond donors (Lipinski definition) is 1. The highest BCUT2D eigenvalue weighted by Crippen LogP contribution is 2.50. The highest BCUT2D eigenvalue weighted by Gasteiger charge is 2.56. The molecule has 0 saturated heterocycles. The van der Waals surface area contributed by atoms with Crippen LogP contribution in [0, 0.1) is 0 Å². The van der Waals surface area contributed by atoms with Crippen LogP contribution < -0.4 is 5.73 Å². The number of halogens is 3. The molecular formula is C8H8BrF2NO. The van der Waals surface area contributed by atoms with E-state index in [-0.39, 0.29) is 12.8 Å². The fraction of sp³-hybridized carbons (Fsp3) is 0.500. The van der Waals surface area contributed by atoms with Crippen molar-refractivity contribution in [3.63, 3.8) is 0 Å². The van der Waals surface area contributed by atoms with Gasteiger partial charge >= 0.3 is 0 Å². The topological polar surface area (TPSA) is 39.2 Å². The van der Waals surface area contributed by atoms with E-state index in [2.05, 4.69) is 15.9 Å². The predicted molar refractivity (Wildman–Crippen MR) is 46.5 cm³/mol. The van der Waals surface area contributed by atoms with Gasteiger partial charge in [0.05, 0.1) is 10.0 Å². The van der Waals surface area contributed by atoms with Gasteiger partial charge in [0.15, 0.2) is 0 Å². The van der Waals surface area contributed by atoms with Crippen molar-refractivity contribution in [2.24, 2.45) is 5.73 Å². The second-order valence-corrected chi connectivity index (χ2v) is 4.41. The van der Waals surface area contributed by atoms with Crippen molar-refractivity contribution in [2.75, 3.05) is 0 Å². The molecule has 0 radical (unpaired) electrons. The molecule has 1 aliphatic carbocycles. The molecule has 2 N–H and O–H groups in total. The van der Waals surface area contributed by atoms with Crippen molar-refractivity contribution < 1.29 is 13.2 Å². The molecule has 0 aromatic carbocycles. The highest BCUT2D eigenvalue weighted by atomic mass is 79.9. The standard InChI is InChI=1S/C8H8BrF2NO/c9-5-1-6(13-2-5)7(12)3-8(10,11)4-7/h1-2H,3-4,12H2. The van der Waals surface area contributed by atoms with Gasteiger partial charge in [-0.2, -0.15) is 0 Å². The van der Waals surface area contributed by atoms with Crippen molar-refractivity contribution >= 4 is 15.9 Å². The summed E-state index contributed by atoms with van der Waals surface area (Å²) in [7, 11) is 0. The molecule has 72 valence electrons. The minimum absolute atomic E-state index is 0.333. The summed E-state index contributed by atoms with van der Waals surface area (Å²) >= 11 is 3.17. The van der Waals surface area contributed by atoms with Crippen LogP contribution in [-0.4, -0.2) is 5.92 Å². The number of alkyl halides is 2. The number of rotatable bonds is 1. The maximum atomic E-state index is 12.6. The summed E-state index contributed by atoms with van der Waals surface area (Å²) in [6.07, 6.45) is 0.778. The zero-order valence-electron chi connectivity index (χ0n) is 6.69. The Balaban J connectivity index is 2.20. The van der Waals surface area contributed by atoms with E-state index in [0.717, 1.165) is 4.47 Å². The van der Waals surface area contributed by atoms with Gasteiger partial charge in [-0.05, 0) is 22.0 Å². The summed E-state index contributed by atoms with van der Waals surface area (Å²) in [5, 5.41) is 0. The van der Waals surface area contributed by atoms with Crippen LogP contribution in [0.5, 0.6) is 0 Å². The average Bonchev–Trinajstić information content (AvgIpc) is 2.31. The first-order valence-electron chi connectivity index (χ1n) is 3.83. The minimum Gasteiger partial charge on any atom is -0.466 e. The van der Waals surface area contributed by atoms with Crippen LogP contribution in [0.2, 0.25) is 0 Å². The lowest BCUT2D eigenvalue weighted by molar-refractivity contribution is -0.130. The fourth-order valence-corrected chi connectivity index (χ4v) is 1.92. The lowest BCUT2D eigenvalue weighted by Crippen LogP contribution is -2.55. The average molecular weight is 252 g/mol. The molecule has 13 heavy (non-hydrogen) atoms. The molecule has 1 saturated carbocycles. The zero-order chi connectivity index (χ0) is 9.69. The van der Waals surface area contributed by atoms with Gasteiger partial charge in [0, 0.05) is 12.8 Å². The van der Waals surface area contributed by atoms with E-state index in [1.165, 1.54) is 6.26 Å². The number of hydrogen-bond acceptors (Lipinski definition) is 2. The maximum Gasteiger partial charge on any atom is 0.252 e. The lowest BCUT2D eigenvalue weighted by Gasteiger charge is -2.42. The Hall–Kier alpha value is -0.420. The van der Waals surface area contributed by atoms with Crippen molar-refractivity contribution in [3.8, 4) is 0 Å². The Bertz CT molecular complexity index is 329. The number of nitrogens with two attached hydrogens (primary N) is 1. The summed E-state index contributed by atoms with van der Waals surface area (Å²) in [4.78, 5) is 0.